The van der Waals surface area contributed by atoms with Crippen LogP contribution in [0, 0.1) is 6.92 Å². The molecule has 0 aliphatic carbocycles. The molecule has 168 valence electrons. The minimum Gasteiger partial charge on any atom is -0.455 e. The molecule has 1 aromatic heterocycles. The van der Waals surface area contributed by atoms with Crippen LogP contribution in [0.3, 0.4) is 0 Å². The van der Waals surface area contributed by atoms with Crippen LogP contribution in [0.15, 0.2) is 76.3 Å². The lowest BCUT2D eigenvalue weighted by atomic mass is 10.2. The highest BCUT2D eigenvalue weighted by Crippen LogP contribution is 2.32. The summed E-state index contributed by atoms with van der Waals surface area (Å²) in [7, 11) is 0. The number of nitrogens with zero attached hydrogens (tertiary/aromatic N) is 2. The van der Waals surface area contributed by atoms with Crippen molar-refractivity contribution in [3.8, 4) is 11.5 Å². The summed E-state index contributed by atoms with van der Waals surface area (Å²) in [5.74, 6) is 0.558. The number of fused-ring (bicyclic) bond motifs is 1. The molecule has 4 aromatic rings. The maximum absolute atomic E-state index is 13.0. The fourth-order valence-corrected chi connectivity index (χ4v) is 3.73. The summed E-state index contributed by atoms with van der Waals surface area (Å²) in [6.07, 6.45) is 0. The molecular formula is C25H22ClN3O4. The predicted octanol–water partition coefficient (Wildman–Crippen LogP) is 4.58. The van der Waals surface area contributed by atoms with E-state index in [2.05, 4.69) is 5.32 Å². The van der Waals surface area contributed by atoms with Gasteiger partial charge in [0.25, 0.3) is 5.56 Å². The summed E-state index contributed by atoms with van der Waals surface area (Å²) in [6.45, 7) is 3.61. The maximum atomic E-state index is 13.0. The number of amides is 1. The van der Waals surface area contributed by atoms with Crippen LogP contribution in [0.2, 0.25) is 5.02 Å². The first-order chi connectivity index (χ1) is 15.9. The van der Waals surface area contributed by atoms with E-state index < -0.39 is 11.6 Å². The summed E-state index contributed by atoms with van der Waals surface area (Å²) in [5, 5.41) is 3.57. The zero-order chi connectivity index (χ0) is 23.5. The number of carbonyl (C=O) groups excluding carboxylic acids is 1. The number of halogens is 1. The molecule has 7 nitrogen and oxygen atoms in total. The second kappa shape index (κ2) is 9.34. The maximum Gasteiger partial charge on any atom is 0.331 e. The van der Waals surface area contributed by atoms with E-state index in [0.717, 1.165) is 10.1 Å². The van der Waals surface area contributed by atoms with Crippen molar-refractivity contribution in [2.24, 2.45) is 0 Å². The topological polar surface area (TPSA) is 82.3 Å². The molecule has 0 unspecified atom stereocenters. The van der Waals surface area contributed by atoms with Gasteiger partial charge >= 0.3 is 5.69 Å². The molecule has 1 N–H and O–H groups in total. The second-order valence-corrected chi connectivity index (χ2v) is 7.98. The van der Waals surface area contributed by atoms with E-state index in [0.29, 0.717) is 33.1 Å². The van der Waals surface area contributed by atoms with Gasteiger partial charge in [-0.25, -0.2) is 4.79 Å². The van der Waals surface area contributed by atoms with Crippen molar-refractivity contribution in [2.75, 3.05) is 5.32 Å². The van der Waals surface area contributed by atoms with Crippen LogP contribution in [0.25, 0.3) is 10.9 Å². The number of benzene rings is 3. The highest BCUT2D eigenvalue weighted by atomic mass is 35.5. The van der Waals surface area contributed by atoms with Crippen LogP contribution >= 0.6 is 11.6 Å². The number of hydrogen-bond acceptors (Lipinski definition) is 4. The molecule has 8 heteroatoms. The normalized spacial score (nSPS) is 10.9. The van der Waals surface area contributed by atoms with Crippen molar-refractivity contribution >= 4 is 34.1 Å². The lowest BCUT2D eigenvalue weighted by Gasteiger charge is -2.15. The molecule has 0 aliphatic rings. The van der Waals surface area contributed by atoms with Crippen molar-refractivity contribution in [3.63, 3.8) is 0 Å². The van der Waals surface area contributed by atoms with Gasteiger partial charge in [-0.3, -0.25) is 18.7 Å². The van der Waals surface area contributed by atoms with Crippen LogP contribution in [0.1, 0.15) is 12.5 Å². The Morgan fingerprint density at radius 1 is 1.00 bits per heavy atom. The van der Waals surface area contributed by atoms with E-state index in [-0.39, 0.29) is 18.6 Å². The molecular weight excluding hydrogens is 442 g/mol. The number of nitrogens with one attached hydrogen (secondary N) is 1. The summed E-state index contributed by atoms with van der Waals surface area (Å²) in [4.78, 5) is 38.5. The van der Waals surface area contributed by atoms with Gasteiger partial charge in [0, 0.05) is 11.6 Å². The summed E-state index contributed by atoms with van der Waals surface area (Å²) < 4.78 is 8.33. The average Bonchev–Trinajstić information content (AvgIpc) is 2.80. The average molecular weight is 464 g/mol. The zero-order valence-corrected chi connectivity index (χ0v) is 18.9. The standard InChI is InChI=1S/C25H22ClN3O4/c1-3-28-24(31)19-6-4-5-7-21(19)29(25(28)32)15-23(30)27-20-14-17(26)10-13-22(20)33-18-11-8-16(2)9-12-18/h4-14H,3,15H2,1-2H3,(H,27,30). The predicted molar refractivity (Wildman–Crippen MR) is 129 cm³/mol. The van der Waals surface area contributed by atoms with Gasteiger partial charge in [-0.05, 0) is 56.3 Å². The third kappa shape index (κ3) is 4.68. The molecule has 0 fully saturated rings. The van der Waals surface area contributed by atoms with Crippen molar-refractivity contribution in [2.45, 2.75) is 26.9 Å². The van der Waals surface area contributed by atoms with Crippen molar-refractivity contribution in [1.29, 1.82) is 0 Å². The van der Waals surface area contributed by atoms with E-state index in [1.807, 2.05) is 31.2 Å². The van der Waals surface area contributed by atoms with Gasteiger partial charge in [0.1, 0.15) is 12.3 Å². The van der Waals surface area contributed by atoms with E-state index in [1.54, 1.807) is 49.4 Å². The minimum absolute atomic E-state index is 0.201. The van der Waals surface area contributed by atoms with Crippen LogP contribution in [-0.4, -0.2) is 15.0 Å². The first-order valence-corrected chi connectivity index (χ1v) is 10.8. The SMILES string of the molecule is CCn1c(=O)c2ccccc2n(CC(=O)Nc2cc(Cl)ccc2Oc2ccc(C)cc2)c1=O. The van der Waals surface area contributed by atoms with Crippen molar-refractivity contribution in [1.82, 2.24) is 9.13 Å². The Morgan fingerprint density at radius 2 is 1.73 bits per heavy atom. The highest BCUT2D eigenvalue weighted by Gasteiger charge is 2.16. The summed E-state index contributed by atoms with van der Waals surface area (Å²) in [6, 6.07) is 19.1. The van der Waals surface area contributed by atoms with E-state index in [9.17, 15) is 14.4 Å². The van der Waals surface area contributed by atoms with Gasteiger partial charge in [0.05, 0.1) is 16.6 Å². The smallest absolute Gasteiger partial charge is 0.331 e. The Morgan fingerprint density at radius 3 is 2.45 bits per heavy atom. The molecule has 4 rings (SSSR count). The molecule has 3 aromatic carbocycles. The van der Waals surface area contributed by atoms with Crippen LogP contribution in [-0.2, 0) is 17.9 Å². The monoisotopic (exact) mass is 463 g/mol. The molecule has 1 heterocycles. The molecule has 33 heavy (non-hydrogen) atoms. The van der Waals surface area contributed by atoms with Gasteiger partial charge in [-0.2, -0.15) is 0 Å². The Balaban J connectivity index is 1.66. The van der Waals surface area contributed by atoms with Gasteiger partial charge in [-0.1, -0.05) is 41.4 Å². The van der Waals surface area contributed by atoms with Crippen LogP contribution in [0.4, 0.5) is 5.69 Å². The number of rotatable bonds is 6. The van der Waals surface area contributed by atoms with Gasteiger partial charge in [0.15, 0.2) is 5.75 Å². The van der Waals surface area contributed by atoms with E-state index >= 15 is 0 Å². The molecule has 0 atom stereocenters. The molecule has 0 aliphatic heterocycles. The Bertz CT molecular complexity index is 1460. The third-order valence-electron chi connectivity index (χ3n) is 5.21. The first kappa shape index (κ1) is 22.4. The lowest BCUT2D eigenvalue weighted by molar-refractivity contribution is -0.116. The quantitative estimate of drug-likeness (QED) is 0.454. The Labute approximate surface area is 194 Å². The minimum atomic E-state index is -0.543. The number of hydrogen-bond donors (Lipinski definition) is 1. The zero-order valence-electron chi connectivity index (χ0n) is 18.2. The number of ether oxygens (including phenoxy) is 1. The molecule has 1 amide bonds. The Kier molecular flexibility index (Phi) is 6.33. The molecule has 0 bridgehead atoms. The van der Waals surface area contributed by atoms with Gasteiger partial charge in [0.2, 0.25) is 5.91 Å². The van der Waals surface area contributed by atoms with Crippen molar-refractivity contribution in [3.05, 3.63) is 98.2 Å². The molecule has 0 saturated carbocycles. The van der Waals surface area contributed by atoms with Crippen LogP contribution in [0.5, 0.6) is 11.5 Å². The fourth-order valence-electron chi connectivity index (χ4n) is 3.56. The fraction of sp³-hybridized carbons (Fsp3) is 0.160. The summed E-state index contributed by atoms with van der Waals surface area (Å²) >= 11 is 6.14. The van der Waals surface area contributed by atoms with Gasteiger partial charge in [-0.15, -0.1) is 0 Å². The second-order valence-electron chi connectivity index (χ2n) is 7.54. The highest BCUT2D eigenvalue weighted by molar-refractivity contribution is 6.31. The summed E-state index contributed by atoms with van der Waals surface area (Å²) in [5.41, 5.74) is 0.943. The van der Waals surface area contributed by atoms with Crippen LogP contribution < -0.4 is 21.3 Å². The third-order valence-corrected chi connectivity index (χ3v) is 5.45. The number of aryl methyl sites for hydroxylation is 1. The molecule has 0 radical (unpaired) electrons. The molecule has 0 saturated heterocycles. The molecule has 0 spiro atoms. The van der Waals surface area contributed by atoms with E-state index in [4.69, 9.17) is 16.3 Å². The first-order valence-electron chi connectivity index (χ1n) is 10.4. The Hall–Kier alpha value is -3.84. The van der Waals surface area contributed by atoms with E-state index in [1.165, 1.54) is 4.57 Å². The lowest BCUT2D eigenvalue weighted by Crippen LogP contribution is -2.41. The number of carbonyl (C=O) groups is 1. The van der Waals surface area contributed by atoms with Gasteiger partial charge < -0.3 is 10.1 Å². The number of anilines is 1. The largest absolute Gasteiger partial charge is 0.455 e. The number of aromatic nitrogens is 2. The van der Waals surface area contributed by atoms with Crippen molar-refractivity contribution < 1.29 is 9.53 Å². The number of para-hydroxylation sites is 1.